The van der Waals surface area contributed by atoms with Crippen molar-refractivity contribution >= 4 is 17.5 Å². The predicted molar refractivity (Wildman–Crippen MR) is 81.8 cm³/mol. The third kappa shape index (κ3) is 6.25. The first kappa shape index (κ1) is 17.0. The number of allylic oxidation sites excluding steroid dienone is 1. The molecule has 0 aliphatic carbocycles. The topological polar surface area (TPSA) is 52.6 Å². The average Bonchev–Trinajstić information content (AvgIpc) is 2.44. The molecule has 0 amide bonds. The summed E-state index contributed by atoms with van der Waals surface area (Å²) in [6, 6.07) is 6.98. The third-order valence-electron chi connectivity index (χ3n) is 3.11. The number of hydrogen-bond donors (Lipinski definition) is 0. The van der Waals surface area contributed by atoms with Gasteiger partial charge in [-0.3, -0.25) is 4.79 Å². The SMILES string of the molecule is CCC(C)COC(=O)C=C(C)c1ccc(OC(C)=O)cc1. The van der Waals surface area contributed by atoms with Gasteiger partial charge in [0, 0.05) is 13.0 Å². The van der Waals surface area contributed by atoms with Crippen LogP contribution in [0, 0.1) is 5.92 Å². The molecule has 0 fully saturated rings. The molecular weight excluding hydrogens is 268 g/mol. The zero-order valence-electron chi connectivity index (χ0n) is 13.0. The molecule has 1 unspecified atom stereocenters. The summed E-state index contributed by atoms with van der Waals surface area (Å²) in [6.07, 6.45) is 2.46. The minimum Gasteiger partial charge on any atom is -0.462 e. The predicted octanol–water partition coefficient (Wildman–Crippen LogP) is 3.60. The van der Waals surface area contributed by atoms with E-state index in [0.29, 0.717) is 18.3 Å². The fourth-order valence-corrected chi connectivity index (χ4v) is 1.60. The van der Waals surface area contributed by atoms with Gasteiger partial charge in [-0.15, -0.1) is 0 Å². The number of ether oxygens (including phenoxy) is 2. The smallest absolute Gasteiger partial charge is 0.331 e. The number of esters is 2. The van der Waals surface area contributed by atoms with Crippen LogP contribution in [0.15, 0.2) is 30.3 Å². The van der Waals surface area contributed by atoms with Crippen LogP contribution in [-0.2, 0) is 14.3 Å². The van der Waals surface area contributed by atoms with Crippen molar-refractivity contribution in [3.8, 4) is 5.75 Å². The molecule has 0 aromatic heterocycles. The molecule has 0 N–H and O–H groups in total. The van der Waals surface area contributed by atoms with E-state index in [1.165, 1.54) is 13.0 Å². The molecule has 0 saturated carbocycles. The third-order valence-corrected chi connectivity index (χ3v) is 3.11. The van der Waals surface area contributed by atoms with E-state index < -0.39 is 0 Å². The van der Waals surface area contributed by atoms with Crippen LogP contribution in [0.25, 0.3) is 5.57 Å². The Balaban J connectivity index is 2.65. The summed E-state index contributed by atoms with van der Waals surface area (Å²) in [5.41, 5.74) is 1.69. The first-order valence-electron chi connectivity index (χ1n) is 7.06. The molecule has 1 rings (SSSR count). The molecule has 1 aromatic carbocycles. The van der Waals surface area contributed by atoms with Crippen molar-refractivity contribution in [2.75, 3.05) is 6.61 Å². The molecule has 0 radical (unpaired) electrons. The zero-order valence-corrected chi connectivity index (χ0v) is 13.0. The van der Waals surface area contributed by atoms with Crippen LogP contribution in [-0.4, -0.2) is 18.5 Å². The highest BCUT2D eigenvalue weighted by Crippen LogP contribution is 2.18. The molecule has 0 spiro atoms. The number of hydrogen-bond acceptors (Lipinski definition) is 4. The number of benzene rings is 1. The van der Waals surface area contributed by atoms with Gasteiger partial charge in [0.2, 0.25) is 0 Å². The molecule has 0 saturated heterocycles. The van der Waals surface area contributed by atoms with Gasteiger partial charge in [-0.05, 0) is 36.1 Å². The van der Waals surface area contributed by atoms with Crippen LogP contribution in [0.1, 0.15) is 39.7 Å². The maximum Gasteiger partial charge on any atom is 0.331 e. The van der Waals surface area contributed by atoms with Crippen LogP contribution < -0.4 is 4.74 Å². The van der Waals surface area contributed by atoms with E-state index in [9.17, 15) is 9.59 Å². The Morgan fingerprint density at radius 3 is 2.33 bits per heavy atom. The van der Waals surface area contributed by atoms with Crippen LogP contribution in [0.4, 0.5) is 0 Å². The maximum atomic E-state index is 11.7. The minimum absolute atomic E-state index is 0.336. The molecule has 0 bridgehead atoms. The van der Waals surface area contributed by atoms with E-state index in [2.05, 4.69) is 6.92 Å². The van der Waals surface area contributed by atoms with Crippen molar-refractivity contribution in [3.05, 3.63) is 35.9 Å². The quantitative estimate of drug-likeness (QED) is 0.456. The van der Waals surface area contributed by atoms with Gasteiger partial charge in [-0.1, -0.05) is 32.4 Å². The van der Waals surface area contributed by atoms with Gasteiger partial charge in [0.1, 0.15) is 5.75 Å². The van der Waals surface area contributed by atoms with Gasteiger partial charge in [0.15, 0.2) is 0 Å². The lowest BCUT2D eigenvalue weighted by Gasteiger charge is -2.08. The summed E-state index contributed by atoms with van der Waals surface area (Å²) in [6.45, 7) is 7.73. The molecule has 0 aliphatic rings. The highest BCUT2D eigenvalue weighted by molar-refractivity contribution is 5.90. The first-order valence-corrected chi connectivity index (χ1v) is 7.06. The van der Waals surface area contributed by atoms with Gasteiger partial charge < -0.3 is 9.47 Å². The number of carbonyl (C=O) groups is 2. The lowest BCUT2D eigenvalue weighted by molar-refractivity contribution is -0.139. The van der Waals surface area contributed by atoms with Crippen molar-refractivity contribution in [1.29, 1.82) is 0 Å². The molecule has 0 heterocycles. The monoisotopic (exact) mass is 290 g/mol. The zero-order chi connectivity index (χ0) is 15.8. The molecule has 0 aliphatic heterocycles. The van der Waals surface area contributed by atoms with Crippen molar-refractivity contribution in [3.63, 3.8) is 0 Å². The Labute approximate surface area is 125 Å². The van der Waals surface area contributed by atoms with E-state index in [4.69, 9.17) is 9.47 Å². The summed E-state index contributed by atoms with van der Waals surface area (Å²) in [5.74, 6) is 0.157. The Morgan fingerprint density at radius 2 is 1.81 bits per heavy atom. The molecule has 1 atom stereocenters. The lowest BCUT2D eigenvalue weighted by Crippen LogP contribution is -2.09. The van der Waals surface area contributed by atoms with Crippen LogP contribution in [0.5, 0.6) is 5.75 Å². The van der Waals surface area contributed by atoms with Gasteiger partial charge in [0.05, 0.1) is 6.61 Å². The van der Waals surface area contributed by atoms with Gasteiger partial charge in [-0.25, -0.2) is 4.79 Å². The number of rotatable bonds is 6. The second-order valence-corrected chi connectivity index (χ2v) is 5.09. The van der Waals surface area contributed by atoms with E-state index in [-0.39, 0.29) is 11.9 Å². The lowest BCUT2D eigenvalue weighted by atomic mass is 10.1. The van der Waals surface area contributed by atoms with Crippen molar-refractivity contribution in [1.82, 2.24) is 0 Å². The molecule has 21 heavy (non-hydrogen) atoms. The summed E-state index contributed by atoms with van der Waals surface area (Å²) in [5, 5.41) is 0. The van der Waals surface area contributed by atoms with Gasteiger partial charge in [0.25, 0.3) is 0 Å². The van der Waals surface area contributed by atoms with Gasteiger partial charge >= 0.3 is 11.9 Å². The minimum atomic E-state index is -0.358. The fraction of sp³-hybridized carbons (Fsp3) is 0.412. The van der Waals surface area contributed by atoms with Crippen molar-refractivity contribution in [2.24, 2.45) is 5.92 Å². The van der Waals surface area contributed by atoms with Crippen LogP contribution in [0.2, 0.25) is 0 Å². The van der Waals surface area contributed by atoms with Crippen LogP contribution in [0.3, 0.4) is 0 Å². The number of carbonyl (C=O) groups excluding carboxylic acids is 2. The molecule has 1 aromatic rings. The first-order chi connectivity index (χ1) is 9.92. The second-order valence-electron chi connectivity index (χ2n) is 5.09. The molecule has 4 heteroatoms. The second kappa shape index (κ2) is 8.25. The van der Waals surface area contributed by atoms with E-state index in [1.54, 1.807) is 24.3 Å². The molecule has 4 nitrogen and oxygen atoms in total. The molecular formula is C17H22O4. The van der Waals surface area contributed by atoms with Crippen LogP contribution >= 0.6 is 0 Å². The van der Waals surface area contributed by atoms with Crippen molar-refractivity contribution in [2.45, 2.75) is 34.1 Å². The molecule has 114 valence electrons. The fourth-order valence-electron chi connectivity index (χ4n) is 1.60. The Hall–Kier alpha value is -2.10. The Bertz CT molecular complexity index is 514. The van der Waals surface area contributed by atoms with Crippen molar-refractivity contribution < 1.29 is 19.1 Å². The summed E-state index contributed by atoms with van der Waals surface area (Å²) < 4.78 is 10.1. The Morgan fingerprint density at radius 1 is 1.19 bits per heavy atom. The maximum absolute atomic E-state index is 11.7. The summed E-state index contributed by atoms with van der Waals surface area (Å²) >= 11 is 0. The van der Waals surface area contributed by atoms with E-state index >= 15 is 0 Å². The van der Waals surface area contributed by atoms with E-state index in [0.717, 1.165) is 17.6 Å². The normalized spacial score (nSPS) is 12.7. The summed E-state index contributed by atoms with van der Waals surface area (Å²) in [4.78, 5) is 22.5. The standard InChI is InChI=1S/C17H22O4/c1-5-12(2)11-20-17(19)10-13(3)15-6-8-16(9-7-15)21-14(4)18/h6-10,12H,5,11H2,1-4H3. The Kier molecular flexibility index (Phi) is 6.66. The average molecular weight is 290 g/mol. The highest BCUT2D eigenvalue weighted by Gasteiger charge is 2.05. The largest absolute Gasteiger partial charge is 0.462 e. The summed E-state index contributed by atoms with van der Waals surface area (Å²) in [7, 11) is 0. The van der Waals surface area contributed by atoms with E-state index in [1.807, 2.05) is 13.8 Å². The van der Waals surface area contributed by atoms with Gasteiger partial charge in [-0.2, -0.15) is 0 Å². The highest BCUT2D eigenvalue weighted by atomic mass is 16.5.